The van der Waals surface area contributed by atoms with Crippen LogP contribution in [0.2, 0.25) is 0 Å². The molecule has 0 bridgehead atoms. The number of nitrogens with zero attached hydrogens (tertiary/aromatic N) is 1. The van der Waals surface area contributed by atoms with Gasteiger partial charge in [-0.2, -0.15) is 13.2 Å². The summed E-state index contributed by atoms with van der Waals surface area (Å²) in [6, 6.07) is 20.4. The first kappa shape index (κ1) is 25.6. The minimum atomic E-state index is -4.83. The minimum Gasteiger partial charge on any atom is -0.356 e. The fourth-order valence-corrected chi connectivity index (χ4v) is 4.56. The summed E-state index contributed by atoms with van der Waals surface area (Å²) in [7, 11) is 0. The fourth-order valence-electron chi connectivity index (χ4n) is 4.56. The molecule has 0 aliphatic carbocycles. The predicted molar refractivity (Wildman–Crippen MR) is 130 cm³/mol. The number of alkyl halides is 3. The molecule has 2 atom stereocenters. The van der Waals surface area contributed by atoms with E-state index in [1.807, 2.05) is 0 Å². The zero-order valence-corrected chi connectivity index (χ0v) is 19.5. The quantitative estimate of drug-likeness (QED) is 0.187. The molecule has 0 saturated heterocycles. The summed E-state index contributed by atoms with van der Waals surface area (Å²) in [5.41, 5.74) is -1.73. The minimum absolute atomic E-state index is 0.0206. The standard InChI is InChI=1S/C28H21F3N2O4/c1-17-26(33(36)37)24(20-14-8-9-15-21(20)28(29,30)31)25(27(35)19-12-6-3-7-13-19)22(32-17)16-23(34)18-10-4-2-5-11-18/h2-16,24-25,32H,1H3/b22-16-/t24-,25+/m1/s1. The van der Waals surface area contributed by atoms with Gasteiger partial charge < -0.3 is 5.32 Å². The van der Waals surface area contributed by atoms with Gasteiger partial charge in [0.05, 0.1) is 28.0 Å². The summed E-state index contributed by atoms with van der Waals surface area (Å²) < 4.78 is 42.2. The summed E-state index contributed by atoms with van der Waals surface area (Å²) >= 11 is 0. The first-order valence-electron chi connectivity index (χ1n) is 11.3. The second kappa shape index (κ2) is 10.2. The van der Waals surface area contributed by atoms with E-state index in [1.165, 1.54) is 31.2 Å². The van der Waals surface area contributed by atoms with Crippen molar-refractivity contribution in [2.24, 2.45) is 5.92 Å². The lowest BCUT2D eigenvalue weighted by Gasteiger charge is -2.34. The largest absolute Gasteiger partial charge is 0.416 e. The number of nitrogens with one attached hydrogen (secondary N) is 1. The van der Waals surface area contributed by atoms with Crippen LogP contribution in [0.15, 0.2) is 108 Å². The Kier molecular flexibility index (Phi) is 7.06. The van der Waals surface area contributed by atoms with E-state index in [2.05, 4.69) is 5.32 Å². The van der Waals surface area contributed by atoms with E-state index >= 15 is 0 Å². The van der Waals surface area contributed by atoms with Crippen molar-refractivity contribution in [3.63, 3.8) is 0 Å². The van der Waals surface area contributed by atoms with Gasteiger partial charge in [-0.25, -0.2) is 0 Å². The van der Waals surface area contributed by atoms with Crippen LogP contribution in [0.25, 0.3) is 0 Å². The van der Waals surface area contributed by atoms with Crippen molar-refractivity contribution in [2.45, 2.75) is 19.0 Å². The van der Waals surface area contributed by atoms with Crippen LogP contribution in [0.1, 0.15) is 44.7 Å². The average molecular weight is 506 g/mol. The van der Waals surface area contributed by atoms with Crippen molar-refractivity contribution < 1.29 is 27.7 Å². The van der Waals surface area contributed by atoms with E-state index < -0.39 is 51.3 Å². The SMILES string of the molecule is CC1=C([N+](=O)[O-])[C@H](c2ccccc2C(F)(F)F)[C@@H](C(=O)c2ccccc2)/C(=C/C(=O)c2ccccc2)N1. The van der Waals surface area contributed by atoms with E-state index in [1.54, 1.807) is 48.5 Å². The van der Waals surface area contributed by atoms with Crippen molar-refractivity contribution in [1.29, 1.82) is 0 Å². The molecule has 0 saturated carbocycles. The second-order valence-electron chi connectivity index (χ2n) is 8.49. The van der Waals surface area contributed by atoms with Crippen LogP contribution in [-0.4, -0.2) is 16.5 Å². The number of benzene rings is 3. The molecule has 0 fully saturated rings. The summed E-state index contributed by atoms with van der Waals surface area (Å²) in [6.45, 7) is 1.34. The molecule has 0 unspecified atom stereocenters. The summed E-state index contributed by atoms with van der Waals surface area (Å²) in [6.07, 6.45) is -3.70. The van der Waals surface area contributed by atoms with Crippen LogP contribution >= 0.6 is 0 Å². The van der Waals surface area contributed by atoms with Crippen molar-refractivity contribution in [2.75, 3.05) is 0 Å². The highest BCUT2D eigenvalue weighted by atomic mass is 19.4. The summed E-state index contributed by atoms with van der Waals surface area (Å²) in [5, 5.41) is 15.0. The number of carbonyl (C=O) groups excluding carboxylic acids is 2. The summed E-state index contributed by atoms with van der Waals surface area (Å²) in [4.78, 5) is 38.3. The van der Waals surface area contributed by atoms with Gasteiger partial charge in [0.15, 0.2) is 11.6 Å². The van der Waals surface area contributed by atoms with Gasteiger partial charge in [-0.3, -0.25) is 19.7 Å². The first-order chi connectivity index (χ1) is 17.6. The van der Waals surface area contributed by atoms with Gasteiger partial charge in [0, 0.05) is 22.9 Å². The van der Waals surface area contributed by atoms with Gasteiger partial charge in [-0.05, 0) is 18.6 Å². The maximum Gasteiger partial charge on any atom is 0.416 e. The molecule has 3 aromatic carbocycles. The van der Waals surface area contributed by atoms with Crippen molar-refractivity contribution in [3.05, 3.63) is 140 Å². The van der Waals surface area contributed by atoms with Crippen LogP contribution in [-0.2, 0) is 6.18 Å². The highest BCUT2D eigenvalue weighted by Gasteiger charge is 2.49. The molecule has 188 valence electrons. The number of halogens is 3. The number of hydrogen-bond donors (Lipinski definition) is 1. The molecule has 1 aliphatic heterocycles. The van der Waals surface area contributed by atoms with E-state index in [4.69, 9.17) is 0 Å². The van der Waals surface area contributed by atoms with Crippen molar-refractivity contribution in [1.82, 2.24) is 5.32 Å². The average Bonchev–Trinajstić information content (AvgIpc) is 2.88. The molecule has 37 heavy (non-hydrogen) atoms. The Morgan fingerprint density at radius 2 is 1.43 bits per heavy atom. The Balaban J connectivity index is 2.00. The van der Waals surface area contributed by atoms with Gasteiger partial charge in [0.25, 0.3) is 5.70 Å². The molecule has 1 N–H and O–H groups in total. The number of hydrogen-bond acceptors (Lipinski definition) is 5. The maximum absolute atomic E-state index is 14.1. The molecule has 1 aliphatic rings. The lowest BCUT2D eigenvalue weighted by Crippen LogP contribution is -2.40. The molecule has 9 heteroatoms. The van der Waals surface area contributed by atoms with E-state index in [0.717, 1.165) is 18.2 Å². The third-order valence-corrected chi connectivity index (χ3v) is 6.16. The molecule has 6 nitrogen and oxygen atoms in total. The lowest BCUT2D eigenvalue weighted by atomic mass is 9.73. The Morgan fingerprint density at radius 1 is 0.892 bits per heavy atom. The molecule has 0 amide bonds. The Morgan fingerprint density at radius 3 is 2.00 bits per heavy atom. The van der Waals surface area contributed by atoms with Crippen LogP contribution in [0.3, 0.4) is 0 Å². The van der Waals surface area contributed by atoms with Crippen LogP contribution in [0, 0.1) is 16.0 Å². The second-order valence-corrected chi connectivity index (χ2v) is 8.49. The smallest absolute Gasteiger partial charge is 0.356 e. The van der Waals surface area contributed by atoms with Crippen LogP contribution in [0.5, 0.6) is 0 Å². The van der Waals surface area contributed by atoms with Gasteiger partial charge in [0.1, 0.15) is 0 Å². The topological polar surface area (TPSA) is 89.3 Å². The number of Topliss-reactive ketones (excluding diaryl/α,β-unsaturated/α-hetero) is 1. The molecular formula is C28H21F3N2O4. The number of nitro groups is 1. The zero-order valence-electron chi connectivity index (χ0n) is 19.5. The molecule has 0 aromatic heterocycles. The number of rotatable bonds is 6. The van der Waals surface area contributed by atoms with E-state index in [0.29, 0.717) is 0 Å². The fraction of sp³-hybridized carbons (Fsp3) is 0.143. The van der Waals surface area contributed by atoms with Crippen molar-refractivity contribution in [3.8, 4) is 0 Å². The van der Waals surface area contributed by atoms with E-state index in [9.17, 15) is 32.9 Å². The van der Waals surface area contributed by atoms with Crippen LogP contribution < -0.4 is 5.32 Å². The Labute approximate surface area is 210 Å². The third kappa shape index (κ3) is 5.20. The first-order valence-corrected chi connectivity index (χ1v) is 11.3. The third-order valence-electron chi connectivity index (χ3n) is 6.16. The molecule has 0 radical (unpaired) electrons. The number of ketones is 2. The normalized spacial score (nSPS) is 18.9. The monoisotopic (exact) mass is 506 g/mol. The lowest BCUT2D eigenvalue weighted by molar-refractivity contribution is -0.433. The zero-order chi connectivity index (χ0) is 26.7. The van der Waals surface area contributed by atoms with Gasteiger partial charge in [-0.15, -0.1) is 0 Å². The van der Waals surface area contributed by atoms with E-state index in [-0.39, 0.29) is 22.5 Å². The van der Waals surface area contributed by atoms with Crippen LogP contribution in [0.4, 0.5) is 13.2 Å². The molecule has 1 heterocycles. The maximum atomic E-state index is 14.1. The highest BCUT2D eigenvalue weighted by molar-refractivity contribution is 6.07. The number of allylic oxidation sites excluding steroid dienone is 4. The Bertz CT molecular complexity index is 1410. The summed E-state index contributed by atoms with van der Waals surface area (Å²) in [5.74, 6) is -4.28. The molecule has 4 rings (SSSR count). The molecule has 3 aromatic rings. The molecular weight excluding hydrogens is 485 g/mol. The van der Waals surface area contributed by atoms with Gasteiger partial charge >= 0.3 is 6.18 Å². The predicted octanol–water partition coefficient (Wildman–Crippen LogP) is 6.17. The molecule has 0 spiro atoms. The highest BCUT2D eigenvalue weighted by Crippen LogP contribution is 2.46. The van der Waals surface area contributed by atoms with Gasteiger partial charge in [0.2, 0.25) is 0 Å². The Hall–Kier alpha value is -4.53. The number of carbonyl (C=O) groups is 2. The van der Waals surface area contributed by atoms with Gasteiger partial charge in [-0.1, -0.05) is 78.9 Å². The van der Waals surface area contributed by atoms with Crippen molar-refractivity contribution >= 4 is 11.6 Å².